The molecule has 34 heavy (non-hydrogen) atoms. The molecular formula is C26H17F3N2O3. The summed E-state index contributed by atoms with van der Waals surface area (Å²) < 4.78 is 47.0. The van der Waals surface area contributed by atoms with Gasteiger partial charge in [-0.1, -0.05) is 30.3 Å². The smallest absolute Gasteiger partial charge is 0.416 e. The minimum Gasteiger partial charge on any atom is -0.489 e. The Morgan fingerprint density at radius 3 is 2.41 bits per heavy atom. The standard InChI is InChI=1S/C26H17F3N2O3/c27-26(28,29)24-7-2-1-4-19(24)16-34-22-6-3-5-18(12-22)23-15-31(14-20(23)13-30)21-10-8-17(9-11-21)25(32)33/h1-12,14-15H,16H2,(H,32,33). The van der Waals surface area contributed by atoms with Gasteiger partial charge in [0, 0.05) is 29.2 Å². The molecule has 4 aromatic rings. The van der Waals surface area contributed by atoms with E-state index in [9.17, 15) is 23.2 Å². The zero-order chi connectivity index (χ0) is 24.3. The van der Waals surface area contributed by atoms with Crippen molar-refractivity contribution in [1.82, 2.24) is 4.57 Å². The van der Waals surface area contributed by atoms with E-state index in [0.29, 0.717) is 28.1 Å². The van der Waals surface area contributed by atoms with Crippen molar-refractivity contribution >= 4 is 5.97 Å². The second-order valence-electron chi connectivity index (χ2n) is 7.43. The summed E-state index contributed by atoms with van der Waals surface area (Å²) in [5.74, 6) is -0.677. The van der Waals surface area contributed by atoms with Crippen LogP contribution < -0.4 is 4.74 Å². The van der Waals surface area contributed by atoms with Crippen LogP contribution in [0, 0.1) is 11.3 Å². The molecule has 0 aliphatic rings. The topological polar surface area (TPSA) is 75.2 Å². The summed E-state index contributed by atoms with van der Waals surface area (Å²) in [6.45, 7) is -0.263. The van der Waals surface area contributed by atoms with Crippen LogP contribution in [-0.4, -0.2) is 15.6 Å². The van der Waals surface area contributed by atoms with Crippen LogP contribution in [0.1, 0.15) is 27.0 Å². The average Bonchev–Trinajstić information content (AvgIpc) is 3.27. The van der Waals surface area contributed by atoms with Gasteiger partial charge in [-0.2, -0.15) is 18.4 Å². The van der Waals surface area contributed by atoms with E-state index >= 15 is 0 Å². The maximum atomic E-state index is 13.2. The highest BCUT2D eigenvalue weighted by atomic mass is 19.4. The highest BCUT2D eigenvalue weighted by Gasteiger charge is 2.33. The maximum Gasteiger partial charge on any atom is 0.416 e. The number of aromatic nitrogens is 1. The Bertz CT molecular complexity index is 1380. The van der Waals surface area contributed by atoms with Crippen LogP contribution in [0.4, 0.5) is 13.2 Å². The largest absolute Gasteiger partial charge is 0.489 e. The molecular weight excluding hydrogens is 445 g/mol. The summed E-state index contributed by atoms with van der Waals surface area (Å²) in [5.41, 5.74) is 1.72. The normalized spacial score (nSPS) is 11.1. The van der Waals surface area contributed by atoms with Gasteiger partial charge in [-0.3, -0.25) is 0 Å². The summed E-state index contributed by atoms with van der Waals surface area (Å²) in [5, 5.41) is 18.7. The van der Waals surface area contributed by atoms with Gasteiger partial charge in [0.25, 0.3) is 0 Å². The number of nitriles is 1. The van der Waals surface area contributed by atoms with Gasteiger partial charge in [0.05, 0.1) is 16.7 Å². The Balaban J connectivity index is 1.60. The summed E-state index contributed by atoms with van der Waals surface area (Å²) in [6.07, 6.45) is -1.13. The SMILES string of the molecule is N#Cc1cn(-c2ccc(C(=O)O)cc2)cc1-c1cccc(OCc2ccccc2C(F)(F)F)c1. The van der Waals surface area contributed by atoms with Crippen molar-refractivity contribution in [2.45, 2.75) is 12.8 Å². The number of hydrogen-bond acceptors (Lipinski definition) is 3. The van der Waals surface area contributed by atoms with Crippen LogP contribution in [-0.2, 0) is 12.8 Å². The first-order valence-electron chi connectivity index (χ1n) is 10.1. The summed E-state index contributed by atoms with van der Waals surface area (Å²) in [4.78, 5) is 11.1. The zero-order valence-electron chi connectivity index (χ0n) is 17.6. The monoisotopic (exact) mass is 462 g/mol. The molecule has 1 heterocycles. The Morgan fingerprint density at radius 1 is 1.00 bits per heavy atom. The first kappa shape index (κ1) is 22.7. The van der Waals surface area contributed by atoms with Crippen LogP contribution in [0.25, 0.3) is 16.8 Å². The number of hydrogen-bond donors (Lipinski definition) is 1. The number of rotatable bonds is 6. The van der Waals surface area contributed by atoms with Gasteiger partial charge in [0.15, 0.2) is 0 Å². The van der Waals surface area contributed by atoms with E-state index in [0.717, 1.165) is 6.07 Å². The fraction of sp³-hybridized carbons (Fsp3) is 0.0769. The van der Waals surface area contributed by atoms with Crippen molar-refractivity contribution in [3.63, 3.8) is 0 Å². The third kappa shape index (κ3) is 4.79. The van der Waals surface area contributed by atoms with Gasteiger partial charge < -0.3 is 14.4 Å². The molecule has 0 spiro atoms. The highest BCUT2D eigenvalue weighted by molar-refractivity contribution is 5.87. The third-order valence-electron chi connectivity index (χ3n) is 5.22. The molecule has 0 radical (unpaired) electrons. The van der Waals surface area contributed by atoms with E-state index in [4.69, 9.17) is 9.84 Å². The van der Waals surface area contributed by atoms with E-state index in [1.807, 2.05) is 0 Å². The van der Waals surface area contributed by atoms with Crippen LogP contribution in [0.5, 0.6) is 5.75 Å². The molecule has 8 heteroatoms. The van der Waals surface area contributed by atoms with Crippen molar-refractivity contribution in [2.75, 3.05) is 0 Å². The molecule has 0 bridgehead atoms. The molecule has 3 aromatic carbocycles. The molecule has 0 saturated heterocycles. The molecule has 0 aliphatic carbocycles. The van der Waals surface area contributed by atoms with Gasteiger partial charge in [-0.25, -0.2) is 4.79 Å². The van der Waals surface area contributed by atoms with Gasteiger partial charge in [0.2, 0.25) is 0 Å². The van der Waals surface area contributed by atoms with E-state index < -0.39 is 17.7 Å². The number of carboxylic acid groups (broad SMARTS) is 1. The molecule has 1 N–H and O–H groups in total. The van der Waals surface area contributed by atoms with Crippen molar-refractivity contribution in [1.29, 1.82) is 5.26 Å². The molecule has 1 aromatic heterocycles. The molecule has 0 aliphatic heterocycles. The highest BCUT2D eigenvalue weighted by Crippen LogP contribution is 2.33. The lowest BCUT2D eigenvalue weighted by atomic mass is 10.1. The second-order valence-corrected chi connectivity index (χ2v) is 7.43. The Morgan fingerprint density at radius 2 is 1.74 bits per heavy atom. The predicted octanol–water partition coefficient (Wildman–Crippen LogP) is 6.31. The molecule has 0 amide bonds. The lowest BCUT2D eigenvalue weighted by Crippen LogP contribution is -2.10. The summed E-state index contributed by atoms with van der Waals surface area (Å²) in [7, 11) is 0. The van der Waals surface area contributed by atoms with Crippen LogP contribution >= 0.6 is 0 Å². The Labute approximate surface area is 192 Å². The third-order valence-corrected chi connectivity index (χ3v) is 5.22. The zero-order valence-corrected chi connectivity index (χ0v) is 17.6. The molecule has 0 unspecified atom stereocenters. The van der Waals surface area contributed by atoms with E-state index in [1.54, 1.807) is 53.4 Å². The number of nitrogens with zero attached hydrogens (tertiary/aromatic N) is 2. The van der Waals surface area contributed by atoms with E-state index in [1.165, 1.54) is 30.3 Å². The van der Waals surface area contributed by atoms with Crippen LogP contribution in [0.2, 0.25) is 0 Å². The maximum absolute atomic E-state index is 13.2. The Kier molecular flexibility index (Phi) is 6.11. The number of alkyl halides is 3. The lowest BCUT2D eigenvalue weighted by molar-refractivity contribution is -0.138. The summed E-state index contributed by atoms with van der Waals surface area (Å²) in [6, 6.07) is 20.3. The molecule has 0 fully saturated rings. The van der Waals surface area contributed by atoms with Crippen LogP contribution in [0.3, 0.4) is 0 Å². The molecule has 170 valence electrons. The summed E-state index contributed by atoms with van der Waals surface area (Å²) >= 11 is 0. The first-order valence-corrected chi connectivity index (χ1v) is 10.1. The molecule has 4 rings (SSSR count). The molecule has 5 nitrogen and oxygen atoms in total. The molecule has 0 saturated carbocycles. The number of carboxylic acids is 1. The first-order chi connectivity index (χ1) is 16.3. The van der Waals surface area contributed by atoms with Crippen molar-refractivity contribution in [3.05, 3.63) is 107 Å². The van der Waals surface area contributed by atoms with E-state index in [2.05, 4.69) is 6.07 Å². The minimum absolute atomic E-state index is 0.0223. The van der Waals surface area contributed by atoms with Gasteiger partial charge in [-0.15, -0.1) is 0 Å². The van der Waals surface area contributed by atoms with Gasteiger partial charge in [-0.05, 0) is 48.0 Å². The quantitative estimate of drug-likeness (QED) is 0.364. The van der Waals surface area contributed by atoms with Gasteiger partial charge in [0.1, 0.15) is 18.4 Å². The lowest BCUT2D eigenvalue weighted by Gasteiger charge is -2.14. The van der Waals surface area contributed by atoms with Crippen LogP contribution in [0.15, 0.2) is 85.2 Å². The number of aromatic carboxylic acids is 1. The second kappa shape index (κ2) is 9.16. The fourth-order valence-corrected chi connectivity index (χ4v) is 3.54. The number of ether oxygens (including phenoxy) is 1. The number of halogens is 3. The van der Waals surface area contributed by atoms with E-state index in [-0.39, 0.29) is 17.7 Å². The Hall–Kier alpha value is -4.51. The predicted molar refractivity (Wildman–Crippen MR) is 119 cm³/mol. The molecule has 0 atom stereocenters. The number of benzene rings is 3. The van der Waals surface area contributed by atoms with Crippen molar-refractivity contribution in [3.8, 4) is 28.6 Å². The average molecular weight is 462 g/mol. The van der Waals surface area contributed by atoms with Gasteiger partial charge >= 0.3 is 12.1 Å². The fourth-order valence-electron chi connectivity index (χ4n) is 3.54. The van der Waals surface area contributed by atoms with Crippen molar-refractivity contribution < 1.29 is 27.8 Å². The van der Waals surface area contributed by atoms with Crippen molar-refractivity contribution in [2.24, 2.45) is 0 Å². The minimum atomic E-state index is -4.48. The number of carbonyl (C=O) groups is 1.